The van der Waals surface area contributed by atoms with E-state index in [2.05, 4.69) is 9.82 Å². The van der Waals surface area contributed by atoms with Gasteiger partial charge in [-0.2, -0.15) is 0 Å². The molecule has 0 saturated carbocycles. The minimum absolute atomic E-state index is 0.0121. The van der Waals surface area contributed by atoms with Gasteiger partial charge in [-0.05, 0) is 25.0 Å². The first kappa shape index (κ1) is 10.8. The van der Waals surface area contributed by atoms with E-state index in [9.17, 15) is 4.79 Å². The van der Waals surface area contributed by atoms with Crippen molar-refractivity contribution >= 4 is 5.78 Å². The molecule has 0 saturated heterocycles. The minimum Gasteiger partial charge on any atom is -0.305 e. The van der Waals surface area contributed by atoms with E-state index < -0.39 is 0 Å². The van der Waals surface area contributed by atoms with Gasteiger partial charge in [0.15, 0.2) is 5.78 Å². The molecule has 0 aromatic carbocycles. The Kier molecular flexibility index (Phi) is 4.22. The van der Waals surface area contributed by atoms with Gasteiger partial charge in [0.1, 0.15) is 5.69 Å². The maximum atomic E-state index is 11.0. The standard InChI is InChI=1S/C10H14N2O2/c1-8(13)10-6-2-4-9(12-10)5-3-7-14-11/h2,4,6H,3,5,7,11H2,1H3. The third-order valence-electron chi connectivity index (χ3n) is 1.86. The van der Waals surface area contributed by atoms with Crippen LogP contribution in [-0.2, 0) is 11.3 Å². The zero-order chi connectivity index (χ0) is 10.4. The third-order valence-corrected chi connectivity index (χ3v) is 1.86. The lowest BCUT2D eigenvalue weighted by Crippen LogP contribution is -2.04. The molecule has 0 aliphatic rings. The lowest BCUT2D eigenvalue weighted by atomic mass is 10.2. The van der Waals surface area contributed by atoms with Gasteiger partial charge < -0.3 is 4.84 Å². The van der Waals surface area contributed by atoms with Crippen molar-refractivity contribution in [2.24, 2.45) is 5.90 Å². The number of nitrogens with zero attached hydrogens (tertiary/aromatic N) is 1. The summed E-state index contributed by atoms with van der Waals surface area (Å²) in [6, 6.07) is 5.44. The predicted octanol–water partition coefficient (Wildman–Crippen LogP) is 1.11. The number of hydrogen-bond acceptors (Lipinski definition) is 4. The van der Waals surface area contributed by atoms with Gasteiger partial charge in [-0.25, -0.2) is 10.9 Å². The number of hydrogen-bond donors (Lipinski definition) is 1. The van der Waals surface area contributed by atoms with Crippen LogP contribution >= 0.6 is 0 Å². The van der Waals surface area contributed by atoms with Gasteiger partial charge in [0.2, 0.25) is 0 Å². The summed E-state index contributed by atoms with van der Waals surface area (Å²) in [5, 5.41) is 0. The minimum atomic E-state index is -0.0121. The maximum Gasteiger partial charge on any atom is 0.178 e. The van der Waals surface area contributed by atoms with Crippen LogP contribution in [0, 0.1) is 0 Å². The summed E-state index contributed by atoms with van der Waals surface area (Å²) in [6.07, 6.45) is 1.59. The fourth-order valence-corrected chi connectivity index (χ4v) is 1.15. The zero-order valence-electron chi connectivity index (χ0n) is 8.19. The number of carbonyl (C=O) groups is 1. The molecule has 4 heteroatoms. The lowest BCUT2D eigenvalue weighted by molar-refractivity contribution is 0.101. The molecule has 1 aromatic rings. The molecule has 0 aliphatic carbocycles. The third kappa shape index (κ3) is 3.24. The largest absolute Gasteiger partial charge is 0.305 e. The smallest absolute Gasteiger partial charge is 0.178 e. The second-order valence-corrected chi connectivity index (χ2v) is 3.04. The Hall–Kier alpha value is -1.26. The van der Waals surface area contributed by atoms with E-state index in [1.165, 1.54) is 6.92 Å². The van der Waals surface area contributed by atoms with Crippen molar-refractivity contribution < 1.29 is 9.63 Å². The summed E-state index contributed by atoms with van der Waals surface area (Å²) in [5.41, 5.74) is 1.41. The molecule has 0 spiro atoms. The molecule has 0 amide bonds. The number of Topliss-reactive ketones (excluding diaryl/α,β-unsaturated/α-hetero) is 1. The van der Waals surface area contributed by atoms with Crippen LogP contribution in [-0.4, -0.2) is 17.4 Å². The van der Waals surface area contributed by atoms with Gasteiger partial charge in [-0.3, -0.25) is 4.79 Å². The number of aryl methyl sites for hydroxylation is 1. The quantitative estimate of drug-likeness (QED) is 0.433. The number of rotatable bonds is 5. The highest BCUT2D eigenvalue weighted by molar-refractivity contribution is 5.92. The monoisotopic (exact) mass is 194 g/mol. The highest BCUT2D eigenvalue weighted by atomic mass is 16.6. The topological polar surface area (TPSA) is 65.2 Å². The van der Waals surface area contributed by atoms with E-state index in [-0.39, 0.29) is 5.78 Å². The van der Waals surface area contributed by atoms with Gasteiger partial charge in [-0.15, -0.1) is 0 Å². The molecule has 0 atom stereocenters. The van der Waals surface area contributed by atoms with Crippen LogP contribution in [0.15, 0.2) is 18.2 Å². The molecule has 14 heavy (non-hydrogen) atoms. The first-order valence-corrected chi connectivity index (χ1v) is 4.52. The van der Waals surface area contributed by atoms with E-state index in [1.807, 2.05) is 12.1 Å². The van der Waals surface area contributed by atoms with Gasteiger partial charge >= 0.3 is 0 Å². The number of pyridine rings is 1. The SMILES string of the molecule is CC(=O)c1cccc(CCCON)n1. The van der Waals surface area contributed by atoms with Crippen LogP contribution in [0.4, 0.5) is 0 Å². The van der Waals surface area contributed by atoms with Gasteiger partial charge in [0, 0.05) is 12.6 Å². The van der Waals surface area contributed by atoms with Crippen LogP contribution in [0.1, 0.15) is 29.5 Å². The highest BCUT2D eigenvalue weighted by Gasteiger charge is 2.01. The number of aromatic nitrogens is 1. The Morgan fingerprint density at radius 3 is 3.00 bits per heavy atom. The van der Waals surface area contributed by atoms with Gasteiger partial charge in [0.05, 0.1) is 6.61 Å². The van der Waals surface area contributed by atoms with E-state index >= 15 is 0 Å². The Morgan fingerprint density at radius 2 is 2.36 bits per heavy atom. The fourth-order valence-electron chi connectivity index (χ4n) is 1.15. The van der Waals surface area contributed by atoms with Crippen molar-refractivity contribution in [1.29, 1.82) is 0 Å². The van der Waals surface area contributed by atoms with Crippen LogP contribution in [0.5, 0.6) is 0 Å². The fraction of sp³-hybridized carbons (Fsp3) is 0.400. The van der Waals surface area contributed by atoms with Gasteiger partial charge in [-0.1, -0.05) is 6.07 Å². The average molecular weight is 194 g/mol. The van der Waals surface area contributed by atoms with Crippen LogP contribution in [0.25, 0.3) is 0 Å². The van der Waals surface area contributed by atoms with Crippen molar-refractivity contribution in [3.05, 3.63) is 29.6 Å². The maximum absolute atomic E-state index is 11.0. The van der Waals surface area contributed by atoms with E-state index in [0.717, 1.165) is 18.5 Å². The van der Waals surface area contributed by atoms with Crippen molar-refractivity contribution in [2.45, 2.75) is 19.8 Å². The Morgan fingerprint density at radius 1 is 1.57 bits per heavy atom. The molecule has 1 heterocycles. The van der Waals surface area contributed by atoms with E-state index in [4.69, 9.17) is 5.90 Å². The molecule has 76 valence electrons. The number of nitrogens with two attached hydrogens (primary N) is 1. The zero-order valence-corrected chi connectivity index (χ0v) is 8.19. The molecule has 4 nitrogen and oxygen atoms in total. The average Bonchev–Trinajstić information content (AvgIpc) is 2.19. The van der Waals surface area contributed by atoms with Crippen molar-refractivity contribution in [2.75, 3.05) is 6.61 Å². The van der Waals surface area contributed by atoms with E-state index in [1.54, 1.807) is 6.07 Å². The first-order chi connectivity index (χ1) is 6.74. The number of ketones is 1. The summed E-state index contributed by atoms with van der Waals surface area (Å²) in [4.78, 5) is 19.7. The van der Waals surface area contributed by atoms with Gasteiger partial charge in [0.25, 0.3) is 0 Å². The molecule has 1 rings (SSSR count). The first-order valence-electron chi connectivity index (χ1n) is 4.52. The number of carbonyl (C=O) groups excluding carboxylic acids is 1. The van der Waals surface area contributed by atoms with E-state index in [0.29, 0.717) is 12.3 Å². The Labute approximate surface area is 83.0 Å². The lowest BCUT2D eigenvalue weighted by Gasteiger charge is -2.01. The predicted molar refractivity (Wildman–Crippen MR) is 52.7 cm³/mol. The Balaban J connectivity index is 2.59. The second-order valence-electron chi connectivity index (χ2n) is 3.04. The van der Waals surface area contributed by atoms with Crippen LogP contribution < -0.4 is 5.90 Å². The second kappa shape index (κ2) is 5.47. The summed E-state index contributed by atoms with van der Waals surface area (Å²) < 4.78 is 0. The highest BCUT2D eigenvalue weighted by Crippen LogP contribution is 2.03. The van der Waals surface area contributed by atoms with Crippen molar-refractivity contribution in [1.82, 2.24) is 4.98 Å². The molecule has 2 N–H and O–H groups in total. The van der Waals surface area contributed by atoms with Crippen molar-refractivity contribution in [3.63, 3.8) is 0 Å². The molecule has 0 bridgehead atoms. The van der Waals surface area contributed by atoms with Crippen molar-refractivity contribution in [3.8, 4) is 0 Å². The molecule has 0 fully saturated rings. The Bertz CT molecular complexity index is 313. The summed E-state index contributed by atoms with van der Waals surface area (Å²) in [7, 11) is 0. The summed E-state index contributed by atoms with van der Waals surface area (Å²) in [5.74, 6) is 4.88. The molecule has 0 radical (unpaired) electrons. The summed E-state index contributed by atoms with van der Waals surface area (Å²) in [6.45, 7) is 2.01. The molecule has 0 unspecified atom stereocenters. The molecular formula is C10H14N2O2. The normalized spacial score (nSPS) is 10.1. The summed E-state index contributed by atoms with van der Waals surface area (Å²) >= 11 is 0. The molecule has 1 aromatic heterocycles. The van der Waals surface area contributed by atoms with Crippen LogP contribution in [0.3, 0.4) is 0 Å². The molecular weight excluding hydrogens is 180 g/mol. The molecule has 0 aliphatic heterocycles. The van der Waals surface area contributed by atoms with Crippen LogP contribution in [0.2, 0.25) is 0 Å².